The molecule has 0 aliphatic carbocycles. The van der Waals surface area contributed by atoms with Crippen molar-refractivity contribution in [3.63, 3.8) is 0 Å². The van der Waals surface area contributed by atoms with Crippen molar-refractivity contribution in [1.29, 1.82) is 0 Å². The fraction of sp³-hybridized carbons (Fsp3) is 0.962. The Morgan fingerprint density at radius 1 is 0.625 bits per heavy atom. The van der Waals surface area contributed by atoms with E-state index in [2.05, 4.69) is 83.1 Å². The fourth-order valence-corrected chi connectivity index (χ4v) is 17.3. The highest BCUT2D eigenvalue weighted by molar-refractivity contribution is 6.78. The number of rotatable bonds is 17. The van der Waals surface area contributed by atoms with Crippen LogP contribution < -0.4 is 0 Å². The lowest BCUT2D eigenvalue weighted by Crippen LogP contribution is -2.48. The van der Waals surface area contributed by atoms with Crippen molar-refractivity contribution in [2.45, 2.75) is 148 Å². The average Bonchev–Trinajstić information content (AvgIpc) is 2.65. The Balaban J connectivity index is 4.57. The zero-order valence-electron chi connectivity index (χ0n) is 23.5. The van der Waals surface area contributed by atoms with E-state index < -0.39 is 22.7 Å². The van der Waals surface area contributed by atoms with Crippen molar-refractivity contribution in [3.8, 4) is 0 Å². The first-order valence-corrected chi connectivity index (χ1v) is 17.4. The van der Waals surface area contributed by atoms with E-state index in [1.54, 1.807) is 0 Å². The van der Waals surface area contributed by atoms with Gasteiger partial charge in [0.2, 0.25) is 0 Å². The molecular formula is C26H56O4Si2. The standard InChI is InChI=1S/C26H56O4Si2/c1-19(2)31(20(3)4,21(5)6)29-17-13-15-25(27)26(28)16-14-18-30-32(22(7)8,23(9)10)24(11)12/h19-25,27H,13-18H2,1-12H3. The predicted octanol–water partition coefficient (Wildman–Crippen LogP) is 7.86. The highest BCUT2D eigenvalue weighted by Gasteiger charge is 2.45. The van der Waals surface area contributed by atoms with E-state index in [1.807, 2.05) is 0 Å². The summed E-state index contributed by atoms with van der Waals surface area (Å²) in [6, 6.07) is 0. The topological polar surface area (TPSA) is 55.8 Å². The molecular weight excluding hydrogens is 432 g/mol. The first-order valence-electron chi connectivity index (χ1n) is 13.2. The SMILES string of the molecule is CC(C)[Si](OCCCC(=O)C(O)CCCO[Si](C(C)C)(C(C)C)C(C)C)(C(C)C)C(C)C. The van der Waals surface area contributed by atoms with Crippen LogP contribution in [0.2, 0.25) is 33.2 Å². The van der Waals surface area contributed by atoms with Crippen molar-refractivity contribution < 1.29 is 18.8 Å². The minimum absolute atomic E-state index is 0.0559. The average molecular weight is 489 g/mol. The van der Waals surface area contributed by atoms with Gasteiger partial charge in [0.1, 0.15) is 6.10 Å². The third-order valence-corrected chi connectivity index (χ3v) is 19.9. The summed E-state index contributed by atoms with van der Waals surface area (Å²) in [7, 11) is -3.76. The molecule has 192 valence electrons. The van der Waals surface area contributed by atoms with Crippen LogP contribution in [0.15, 0.2) is 0 Å². The molecule has 0 amide bonds. The van der Waals surface area contributed by atoms with E-state index in [0.29, 0.717) is 65.7 Å². The smallest absolute Gasteiger partial charge is 0.200 e. The Hall–Kier alpha value is -0.0162. The summed E-state index contributed by atoms with van der Waals surface area (Å²) in [5.74, 6) is -0.0559. The van der Waals surface area contributed by atoms with Crippen LogP contribution in [-0.4, -0.2) is 46.8 Å². The summed E-state index contributed by atoms with van der Waals surface area (Å²) in [5, 5.41) is 10.4. The molecule has 0 aliphatic heterocycles. The van der Waals surface area contributed by atoms with Crippen LogP contribution in [0.3, 0.4) is 0 Å². The van der Waals surface area contributed by atoms with Crippen molar-refractivity contribution in [2.24, 2.45) is 0 Å². The highest BCUT2D eigenvalue weighted by Crippen LogP contribution is 2.43. The van der Waals surface area contributed by atoms with Gasteiger partial charge in [-0.15, -0.1) is 0 Å². The van der Waals surface area contributed by atoms with Gasteiger partial charge in [0.05, 0.1) is 0 Å². The largest absolute Gasteiger partial charge is 0.416 e. The Kier molecular flexibility index (Phi) is 14.4. The van der Waals surface area contributed by atoms with Crippen molar-refractivity contribution in [1.82, 2.24) is 0 Å². The maximum absolute atomic E-state index is 12.5. The molecule has 0 radical (unpaired) electrons. The Labute approximate surface area is 202 Å². The van der Waals surface area contributed by atoms with Crippen LogP contribution in [0.5, 0.6) is 0 Å². The molecule has 0 aromatic carbocycles. The summed E-state index contributed by atoms with van der Waals surface area (Å²) in [4.78, 5) is 12.5. The maximum atomic E-state index is 12.5. The Bertz CT molecular complexity index is 486. The van der Waals surface area contributed by atoms with E-state index in [0.717, 1.165) is 6.42 Å². The molecule has 1 N–H and O–H groups in total. The quantitative estimate of drug-likeness (QED) is 0.167. The molecule has 0 rings (SSSR count). The van der Waals surface area contributed by atoms with Gasteiger partial charge in [0.15, 0.2) is 22.4 Å². The number of aliphatic hydroxyl groups excluding tert-OH is 1. The lowest BCUT2D eigenvalue weighted by molar-refractivity contribution is -0.127. The fourth-order valence-electron chi connectivity index (χ4n) is 6.35. The third kappa shape index (κ3) is 8.04. The van der Waals surface area contributed by atoms with Crippen LogP contribution in [0, 0.1) is 0 Å². The second-order valence-electron chi connectivity index (χ2n) is 11.6. The highest BCUT2D eigenvalue weighted by atomic mass is 28.4. The number of carbonyl (C=O) groups is 1. The number of hydrogen-bond donors (Lipinski definition) is 1. The van der Waals surface area contributed by atoms with E-state index in [1.165, 1.54) is 0 Å². The molecule has 0 spiro atoms. The minimum atomic E-state index is -1.89. The maximum Gasteiger partial charge on any atom is 0.200 e. The number of ketones is 1. The van der Waals surface area contributed by atoms with Gasteiger partial charge >= 0.3 is 0 Å². The van der Waals surface area contributed by atoms with Gasteiger partial charge in [-0.3, -0.25) is 4.79 Å². The second kappa shape index (κ2) is 14.4. The van der Waals surface area contributed by atoms with E-state index in [4.69, 9.17) is 8.85 Å². The lowest BCUT2D eigenvalue weighted by Gasteiger charge is -2.42. The number of aliphatic hydroxyl groups is 1. The predicted molar refractivity (Wildman–Crippen MR) is 143 cm³/mol. The second-order valence-corrected chi connectivity index (χ2v) is 22.5. The van der Waals surface area contributed by atoms with Gasteiger partial charge in [-0.2, -0.15) is 0 Å². The van der Waals surface area contributed by atoms with E-state index >= 15 is 0 Å². The molecule has 0 aromatic heterocycles. The zero-order valence-corrected chi connectivity index (χ0v) is 25.5. The van der Waals surface area contributed by atoms with Crippen LogP contribution >= 0.6 is 0 Å². The molecule has 0 heterocycles. The third-order valence-electron chi connectivity index (χ3n) is 7.68. The lowest BCUT2D eigenvalue weighted by atomic mass is 10.1. The Morgan fingerprint density at radius 3 is 1.25 bits per heavy atom. The van der Waals surface area contributed by atoms with Crippen molar-refractivity contribution in [2.75, 3.05) is 13.2 Å². The molecule has 0 saturated heterocycles. The normalized spacial score (nSPS) is 14.6. The first kappa shape index (κ1) is 32.0. The molecule has 1 atom stereocenters. The monoisotopic (exact) mass is 488 g/mol. The molecule has 0 fully saturated rings. The van der Waals surface area contributed by atoms with E-state index in [-0.39, 0.29) is 5.78 Å². The number of Topliss-reactive ketones (excluding diaryl/α,β-unsaturated/α-hetero) is 1. The first-order chi connectivity index (χ1) is 14.7. The van der Waals surface area contributed by atoms with Gasteiger partial charge < -0.3 is 14.0 Å². The van der Waals surface area contributed by atoms with Gasteiger partial charge in [-0.1, -0.05) is 83.1 Å². The molecule has 32 heavy (non-hydrogen) atoms. The Morgan fingerprint density at radius 2 is 0.938 bits per heavy atom. The summed E-state index contributed by atoms with van der Waals surface area (Å²) >= 11 is 0. The van der Waals surface area contributed by atoms with Gasteiger partial charge in [0, 0.05) is 19.6 Å². The molecule has 0 aliphatic rings. The van der Waals surface area contributed by atoms with Crippen LogP contribution in [-0.2, 0) is 13.6 Å². The molecule has 1 unspecified atom stereocenters. The molecule has 6 heteroatoms. The summed E-state index contributed by atoms with van der Waals surface area (Å²) in [6.45, 7) is 28.6. The summed E-state index contributed by atoms with van der Waals surface area (Å²) in [5.41, 5.74) is 3.28. The molecule has 0 aromatic rings. The van der Waals surface area contributed by atoms with Crippen LogP contribution in [0.25, 0.3) is 0 Å². The van der Waals surface area contributed by atoms with Crippen LogP contribution in [0.1, 0.15) is 109 Å². The summed E-state index contributed by atoms with van der Waals surface area (Å²) < 4.78 is 13.1. The minimum Gasteiger partial charge on any atom is -0.416 e. The number of hydrogen-bond acceptors (Lipinski definition) is 4. The van der Waals surface area contributed by atoms with Crippen molar-refractivity contribution >= 4 is 22.4 Å². The van der Waals surface area contributed by atoms with Gasteiger partial charge in [-0.25, -0.2) is 0 Å². The zero-order chi connectivity index (χ0) is 25.3. The van der Waals surface area contributed by atoms with E-state index in [9.17, 15) is 9.90 Å². The van der Waals surface area contributed by atoms with Crippen LogP contribution in [0.4, 0.5) is 0 Å². The van der Waals surface area contributed by atoms with Gasteiger partial charge in [0.25, 0.3) is 0 Å². The summed E-state index contributed by atoms with van der Waals surface area (Å²) in [6.07, 6.45) is 1.42. The molecule has 0 saturated carbocycles. The molecule has 4 nitrogen and oxygen atoms in total. The van der Waals surface area contributed by atoms with Gasteiger partial charge in [-0.05, 0) is 52.5 Å². The van der Waals surface area contributed by atoms with Crippen molar-refractivity contribution in [3.05, 3.63) is 0 Å². The molecule has 0 bridgehead atoms. The number of carbonyl (C=O) groups excluding carboxylic acids is 1.